The molecule has 0 fully saturated rings. The third-order valence-electron chi connectivity index (χ3n) is 1.61. The minimum atomic E-state index is -1.32. The van der Waals surface area contributed by atoms with Crippen molar-refractivity contribution in [2.24, 2.45) is 0 Å². The molecule has 0 aromatic heterocycles. The zero-order valence-corrected chi connectivity index (χ0v) is 9.49. The Labute approximate surface area is 86.7 Å². The van der Waals surface area contributed by atoms with E-state index in [4.69, 9.17) is 0 Å². The van der Waals surface area contributed by atoms with Crippen LogP contribution in [0.1, 0.15) is 15.9 Å². The summed E-state index contributed by atoms with van der Waals surface area (Å²) in [5.74, 6) is -0.425. The molecule has 0 heterocycles. The number of hydrogen-bond acceptors (Lipinski definition) is 3. The topological polar surface area (TPSA) is 43.4 Å². The second-order valence-corrected chi connectivity index (χ2v) is 4.15. The first-order valence-corrected chi connectivity index (χ1v) is 5.61. The Morgan fingerprint density at radius 1 is 1.46 bits per heavy atom. The Balaban J connectivity index is 3.20. The molecule has 0 N–H and O–H groups in total. The van der Waals surface area contributed by atoms with Crippen molar-refractivity contribution in [3.63, 3.8) is 0 Å². The molecule has 0 radical (unpaired) electrons. The fourth-order valence-electron chi connectivity index (χ4n) is 0.959. The second kappa shape index (κ2) is 4.45. The van der Waals surface area contributed by atoms with Crippen molar-refractivity contribution in [1.29, 1.82) is 0 Å². The number of rotatable bonds is 2. The summed E-state index contributed by atoms with van der Waals surface area (Å²) in [5, 5.41) is 0. The smallest absolute Gasteiger partial charge is 0.339 e. The first-order chi connectivity index (χ1) is 6.19. The number of hydrogen-bond donors (Lipinski definition) is 0. The summed E-state index contributed by atoms with van der Waals surface area (Å²) >= 11 is -1.32. The van der Waals surface area contributed by atoms with Gasteiger partial charge in [-0.05, 0) is 24.6 Å². The van der Waals surface area contributed by atoms with Crippen molar-refractivity contribution in [3.05, 3.63) is 32.9 Å². The summed E-state index contributed by atoms with van der Waals surface area (Å²) in [5.41, 5.74) is 1.41. The van der Waals surface area contributed by atoms with E-state index in [1.807, 2.05) is 6.92 Å². The largest absolute Gasteiger partial charge is 0.465 e. The van der Waals surface area contributed by atoms with Crippen LogP contribution in [0, 0.1) is 10.5 Å². The van der Waals surface area contributed by atoms with E-state index in [1.165, 1.54) is 7.11 Å². The number of esters is 1. The van der Waals surface area contributed by atoms with Crippen LogP contribution in [0.5, 0.6) is 0 Å². The van der Waals surface area contributed by atoms with Gasteiger partial charge in [0, 0.05) is 0 Å². The number of benzene rings is 1. The Morgan fingerprint density at radius 2 is 2.15 bits per heavy atom. The number of aryl methyl sites for hydroxylation is 1. The Kier molecular flexibility index (Phi) is 3.53. The van der Waals surface area contributed by atoms with Crippen LogP contribution in [0.25, 0.3) is 0 Å². The summed E-state index contributed by atoms with van der Waals surface area (Å²) in [4.78, 5) is 11.2. The number of carbonyl (C=O) groups is 1. The van der Waals surface area contributed by atoms with Crippen LogP contribution < -0.4 is 0 Å². The summed E-state index contributed by atoms with van der Waals surface area (Å²) in [6.07, 6.45) is 0. The van der Waals surface area contributed by atoms with Crippen LogP contribution in [0.2, 0.25) is 0 Å². The van der Waals surface area contributed by atoms with Crippen LogP contribution in [0.3, 0.4) is 0 Å². The molecular weight excluding hydrogens is 283 g/mol. The molecule has 1 aromatic carbocycles. The van der Waals surface area contributed by atoms with E-state index in [-0.39, 0.29) is 0 Å². The van der Waals surface area contributed by atoms with Gasteiger partial charge < -0.3 is 4.74 Å². The van der Waals surface area contributed by atoms with E-state index in [0.717, 1.165) is 5.56 Å². The number of carbonyl (C=O) groups excluding carboxylic acids is 1. The second-order valence-electron chi connectivity index (χ2n) is 2.55. The van der Waals surface area contributed by atoms with Crippen LogP contribution >= 0.6 is 21.2 Å². The lowest BCUT2D eigenvalue weighted by molar-refractivity contribution is 0.0599. The zero-order chi connectivity index (χ0) is 9.84. The van der Waals surface area contributed by atoms with Gasteiger partial charge in [-0.1, -0.05) is 6.07 Å². The highest BCUT2D eigenvalue weighted by molar-refractivity contribution is 14.1. The van der Waals surface area contributed by atoms with Crippen molar-refractivity contribution in [3.8, 4) is 0 Å². The fourth-order valence-corrected chi connectivity index (χ4v) is 2.22. The van der Waals surface area contributed by atoms with E-state index < -0.39 is 27.2 Å². The summed E-state index contributed by atoms with van der Waals surface area (Å²) in [7, 11) is 1.31. The third-order valence-corrected chi connectivity index (χ3v) is 2.98. The lowest BCUT2D eigenvalue weighted by Gasteiger charge is -2.01. The molecule has 1 rings (SSSR count). The number of ether oxygens (including phenoxy) is 1. The first kappa shape index (κ1) is 10.3. The lowest BCUT2D eigenvalue weighted by Crippen LogP contribution is -2.03. The van der Waals surface area contributed by atoms with Gasteiger partial charge in [0.1, 0.15) is 0 Å². The van der Waals surface area contributed by atoms with Crippen molar-refractivity contribution in [2.45, 2.75) is 6.92 Å². The summed E-state index contributed by atoms with van der Waals surface area (Å²) in [6.45, 7) is 1.89. The van der Waals surface area contributed by atoms with E-state index in [2.05, 4.69) is 4.74 Å². The maximum Gasteiger partial charge on any atom is 0.339 e. The molecule has 0 aliphatic rings. The van der Waals surface area contributed by atoms with Gasteiger partial charge in [-0.15, -0.1) is 0 Å². The molecule has 0 aliphatic heterocycles. The highest BCUT2D eigenvalue weighted by atomic mass is 127. The van der Waals surface area contributed by atoms with E-state index in [9.17, 15) is 7.86 Å². The molecule has 0 atom stereocenters. The van der Waals surface area contributed by atoms with Gasteiger partial charge in [0.15, 0.2) is 21.2 Å². The molecule has 0 bridgehead atoms. The summed E-state index contributed by atoms with van der Waals surface area (Å²) < 4.78 is 16.0. The highest BCUT2D eigenvalue weighted by Crippen LogP contribution is 2.18. The Morgan fingerprint density at radius 3 is 2.69 bits per heavy atom. The summed E-state index contributed by atoms with van der Waals surface area (Å²) in [6, 6.07) is 5.20. The fraction of sp³-hybridized carbons (Fsp3) is 0.222. The van der Waals surface area contributed by atoms with Crippen LogP contribution in [0.4, 0.5) is 0 Å². The van der Waals surface area contributed by atoms with Crippen LogP contribution in [-0.2, 0) is 7.81 Å². The average molecular weight is 292 g/mol. The maximum atomic E-state index is 11.2. The van der Waals surface area contributed by atoms with Crippen molar-refractivity contribution < 1.29 is 12.6 Å². The van der Waals surface area contributed by atoms with Gasteiger partial charge in [-0.2, -0.15) is 0 Å². The lowest BCUT2D eigenvalue weighted by atomic mass is 10.1. The van der Waals surface area contributed by atoms with Gasteiger partial charge in [-0.3, -0.25) is 3.07 Å². The predicted molar refractivity (Wildman–Crippen MR) is 55.9 cm³/mol. The molecule has 0 saturated heterocycles. The van der Waals surface area contributed by atoms with Gasteiger partial charge in [0.25, 0.3) is 0 Å². The predicted octanol–water partition coefficient (Wildman–Crippen LogP) is 2.27. The normalized spacial score (nSPS) is 9.69. The van der Waals surface area contributed by atoms with E-state index >= 15 is 0 Å². The standard InChI is InChI=1S/C9H9IO3/c1-6-3-4-7(9(11)13-2)8(5-6)10-12/h3-5H,1-2H3. The number of methoxy groups -OCH3 is 1. The molecule has 13 heavy (non-hydrogen) atoms. The van der Waals surface area contributed by atoms with E-state index in [0.29, 0.717) is 9.13 Å². The van der Waals surface area contributed by atoms with E-state index in [1.54, 1.807) is 18.2 Å². The van der Waals surface area contributed by atoms with Gasteiger partial charge in [0.05, 0.1) is 16.2 Å². The molecule has 1 aromatic rings. The van der Waals surface area contributed by atoms with Crippen LogP contribution in [0.15, 0.2) is 18.2 Å². The van der Waals surface area contributed by atoms with Gasteiger partial charge >= 0.3 is 5.97 Å². The Hall–Kier alpha value is -0.780. The molecule has 4 heteroatoms. The molecule has 0 aliphatic carbocycles. The van der Waals surface area contributed by atoms with Crippen LogP contribution in [-0.4, -0.2) is 13.1 Å². The SMILES string of the molecule is COC(=O)c1ccc(C)cc1I=O. The monoisotopic (exact) mass is 292 g/mol. The molecule has 0 spiro atoms. The Bertz CT molecular complexity index is 347. The molecule has 3 nitrogen and oxygen atoms in total. The zero-order valence-electron chi connectivity index (χ0n) is 7.33. The average Bonchev–Trinajstić information content (AvgIpc) is 2.16. The first-order valence-electron chi connectivity index (χ1n) is 3.65. The van der Waals surface area contributed by atoms with Crippen molar-refractivity contribution >= 4 is 27.2 Å². The molecule has 70 valence electrons. The minimum absolute atomic E-state index is 0.413. The van der Waals surface area contributed by atoms with Crippen molar-refractivity contribution in [2.75, 3.05) is 7.11 Å². The third kappa shape index (κ3) is 2.33. The molecule has 0 amide bonds. The van der Waals surface area contributed by atoms with Crippen molar-refractivity contribution in [1.82, 2.24) is 0 Å². The molecular formula is C9H9IO3. The highest BCUT2D eigenvalue weighted by Gasteiger charge is 2.11. The maximum absolute atomic E-state index is 11.2. The van der Waals surface area contributed by atoms with Gasteiger partial charge in [0.2, 0.25) is 0 Å². The molecule has 0 unspecified atom stereocenters. The molecule has 0 saturated carbocycles. The minimum Gasteiger partial charge on any atom is -0.465 e. The van der Waals surface area contributed by atoms with Gasteiger partial charge in [-0.25, -0.2) is 4.79 Å². The quantitative estimate of drug-likeness (QED) is 0.620. The number of halogens is 1.